The van der Waals surface area contributed by atoms with Gasteiger partial charge in [-0.25, -0.2) is 8.42 Å². The number of benzene rings is 3. The first-order valence-corrected chi connectivity index (χ1v) is 12.2. The Morgan fingerprint density at radius 3 is 2.61 bits per heavy atom. The third kappa shape index (κ3) is 3.73. The summed E-state index contributed by atoms with van der Waals surface area (Å²) in [6, 6.07) is 21.1. The van der Waals surface area contributed by atoms with E-state index in [9.17, 15) is 8.42 Å². The molecule has 3 unspecified atom stereocenters. The number of aryl methyl sites for hydroxylation is 1. The monoisotopic (exact) mass is 450 g/mol. The third-order valence-corrected chi connectivity index (χ3v) is 7.83. The molecule has 158 valence electrons. The van der Waals surface area contributed by atoms with Crippen molar-refractivity contribution in [2.24, 2.45) is 5.92 Å². The number of allylic oxidation sites excluding steroid dienone is 2. The summed E-state index contributed by atoms with van der Waals surface area (Å²) in [6.07, 6.45) is 5.39. The van der Waals surface area contributed by atoms with Gasteiger partial charge in [-0.2, -0.15) is 0 Å². The second-order valence-electron chi connectivity index (χ2n) is 8.20. The zero-order valence-electron chi connectivity index (χ0n) is 17.0. The summed E-state index contributed by atoms with van der Waals surface area (Å²) in [5.41, 5.74) is 4.58. The molecule has 0 radical (unpaired) electrons. The van der Waals surface area contributed by atoms with Crippen molar-refractivity contribution in [3.8, 4) is 0 Å². The molecule has 0 bridgehead atoms. The molecule has 0 aromatic heterocycles. The van der Waals surface area contributed by atoms with Crippen LogP contribution in [0.2, 0.25) is 5.02 Å². The molecule has 1 heterocycles. The molecule has 3 atom stereocenters. The Morgan fingerprint density at radius 2 is 1.84 bits per heavy atom. The maximum Gasteiger partial charge on any atom is 0.261 e. The van der Waals surface area contributed by atoms with Crippen LogP contribution in [0.15, 0.2) is 83.8 Å². The Bertz CT molecular complexity index is 1270. The third-order valence-electron chi connectivity index (χ3n) is 6.24. The molecule has 4 nitrogen and oxygen atoms in total. The first-order chi connectivity index (χ1) is 14.9. The summed E-state index contributed by atoms with van der Waals surface area (Å²) in [4.78, 5) is 0.264. The van der Waals surface area contributed by atoms with Crippen molar-refractivity contribution in [2.75, 3.05) is 10.0 Å². The van der Waals surface area contributed by atoms with Gasteiger partial charge in [0, 0.05) is 16.6 Å². The predicted molar refractivity (Wildman–Crippen MR) is 126 cm³/mol. The number of halogens is 1. The van der Waals surface area contributed by atoms with E-state index in [2.05, 4.69) is 46.5 Å². The molecule has 0 fully saturated rings. The minimum atomic E-state index is -3.72. The van der Waals surface area contributed by atoms with Crippen LogP contribution >= 0.6 is 11.6 Å². The molecule has 0 spiro atoms. The molecule has 5 rings (SSSR count). The van der Waals surface area contributed by atoms with Gasteiger partial charge >= 0.3 is 0 Å². The molecule has 6 heteroatoms. The molecule has 2 aliphatic rings. The van der Waals surface area contributed by atoms with E-state index in [0.29, 0.717) is 16.6 Å². The van der Waals surface area contributed by atoms with Gasteiger partial charge < -0.3 is 5.32 Å². The van der Waals surface area contributed by atoms with Gasteiger partial charge in [-0.05, 0) is 72.4 Å². The van der Waals surface area contributed by atoms with Crippen LogP contribution in [-0.2, 0) is 10.0 Å². The van der Waals surface area contributed by atoms with E-state index in [1.54, 1.807) is 24.3 Å². The molecule has 3 aromatic rings. The van der Waals surface area contributed by atoms with E-state index in [1.165, 1.54) is 5.56 Å². The van der Waals surface area contributed by atoms with Gasteiger partial charge in [-0.1, -0.05) is 54.1 Å². The lowest BCUT2D eigenvalue weighted by Crippen LogP contribution is -2.29. The van der Waals surface area contributed by atoms with Crippen molar-refractivity contribution in [1.82, 2.24) is 0 Å². The second-order valence-corrected chi connectivity index (χ2v) is 10.3. The van der Waals surface area contributed by atoms with Crippen LogP contribution < -0.4 is 10.0 Å². The maximum absolute atomic E-state index is 13.1. The lowest BCUT2D eigenvalue weighted by Gasteiger charge is -2.37. The lowest BCUT2D eigenvalue weighted by atomic mass is 9.77. The van der Waals surface area contributed by atoms with Gasteiger partial charge in [0.15, 0.2) is 0 Å². The van der Waals surface area contributed by atoms with Crippen LogP contribution in [0.3, 0.4) is 0 Å². The average Bonchev–Trinajstić information content (AvgIpc) is 3.26. The summed E-state index contributed by atoms with van der Waals surface area (Å²) in [5.74, 6) is 0.549. The highest BCUT2D eigenvalue weighted by Gasteiger charge is 2.38. The first-order valence-electron chi connectivity index (χ1n) is 10.3. The van der Waals surface area contributed by atoms with E-state index >= 15 is 0 Å². The summed E-state index contributed by atoms with van der Waals surface area (Å²) < 4.78 is 28.9. The van der Waals surface area contributed by atoms with Crippen molar-refractivity contribution in [3.05, 3.63) is 101 Å². The van der Waals surface area contributed by atoms with Gasteiger partial charge in [0.25, 0.3) is 10.0 Å². The van der Waals surface area contributed by atoms with Gasteiger partial charge in [0.2, 0.25) is 0 Å². The van der Waals surface area contributed by atoms with Crippen LogP contribution in [0, 0.1) is 12.8 Å². The molecule has 1 aliphatic heterocycles. The Labute approximate surface area is 188 Å². The van der Waals surface area contributed by atoms with E-state index in [4.69, 9.17) is 11.6 Å². The number of anilines is 2. The molecule has 0 saturated heterocycles. The highest BCUT2D eigenvalue weighted by molar-refractivity contribution is 7.92. The van der Waals surface area contributed by atoms with E-state index in [0.717, 1.165) is 23.2 Å². The molecular formula is C25H23ClN2O2S. The largest absolute Gasteiger partial charge is 0.378 e. The fraction of sp³-hybridized carbons (Fsp3) is 0.200. The summed E-state index contributed by atoms with van der Waals surface area (Å²) in [5, 5.41) is 4.23. The summed E-state index contributed by atoms with van der Waals surface area (Å²) in [7, 11) is -3.72. The van der Waals surface area contributed by atoms with Crippen molar-refractivity contribution in [2.45, 2.75) is 30.2 Å². The van der Waals surface area contributed by atoms with Crippen LogP contribution in [0.4, 0.5) is 11.4 Å². The number of sulfonamides is 1. The van der Waals surface area contributed by atoms with E-state index < -0.39 is 10.0 Å². The van der Waals surface area contributed by atoms with Crippen LogP contribution in [0.5, 0.6) is 0 Å². The maximum atomic E-state index is 13.1. The van der Waals surface area contributed by atoms with Crippen molar-refractivity contribution in [1.29, 1.82) is 0 Å². The minimum Gasteiger partial charge on any atom is -0.378 e. The standard InChI is InChI=1S/C25H23ClN2O2S/c1-16-14-18(26)10-12-23(16)28-31(29,30)19-11-13-24-22(15-19)20-8-5-9-21(20)25(27-24)17-6-3-2-4-7-17/h2-8,10-15,20-21,25,27-28H,9H2,1H3. The quantitative estimate of drug-likeness (QED) is 0.460. The van der Waals surface area contributed by atoms with E-state index in [-0.39, 0.29) is 16.9 Å². The van der Waals surface area contributed by atoms with Crippen molar-refractivity contribution >= 4 is 33.0 Å². The summed E-state index contributed by atoms with van der Waals surface area (Å²) >= 11 is 6.00. The molecule has 0 saturated carbocycles. The number of hydrogen-bond acceptors (Lipinski definition) is 3. The predicted octanol–water partition coefficient (Wildman–Crippen LogP) is 6.28. The highest BCUT2D eigenvalue weighted by Crippen LogP contribution is 2.50. The molecule has 3 aromatic carbocycles. The Morgan fingerprint density at radius 1 is 1.03 bits per heavy atom. The van der Waals surface area contributed by atoms with Crippen LogP contribution in [-0.4, -0.2) is 8.42 Å². The van der Waals surface area contributed by atoms with Gasteiger partial charge in [-0.15, -0.1) is 0 Å². The SMILES string of the molecule is Cc1cc(Cl)ccc1NS(=O)(=O)c1ccc2c(c1)C1C=CCC1C(c1ccccc1)N2. The Hall–Kier alpha value is -2.76. The fourth-order valence-electron chi connectivity index (χ4n) is 4.68. The smallest absolute Gasteiger partial charge is 0.261 e. The fourth-order valence-corrected chi connectivity index (χ4v) is 6.07. The van der Waals surface area contributed by atoms with Crippen LogP contribution in [0.1, 0.15) is 35.1 Å². The normalized spacial score (nSPS) is 21.8. The Kier molecular flexibility index (Phi) is 5.03. The zero-order chi connectivity index (χ0) is 21.6. The van der Waals surface area contributed by atoms with E-state index in [1.807, 2.05) is 25.1 Å². The number of hydrogen-bond donors (Lipinski definition) is 2. The molecule has 31 heavy (non-hydrogen) atoms. The molecule has 1 aliphatic carbocycles. The van der Waals surface area contributed by atoms with Crippen molar-refractivity contribution in [3.63, 3.8) is 0 Å². The van der Waals surface area contributed by atoms with Gasteiger partial charge in [0.05, 0.1) is 16.6 Å². The lowest BCUT2D eigenvalue weighted by molar-refractivity contribution is 0.425. The Balaban J connectivity index is 1.49. The van der Waals surface area contributed by atoms with Gasteiger partial charge in [-0.3, -0.25) is 4.72 Å². The summed E-state index contributed by atoms with van der Waals surface area (Å²) in [6.45, 7) is 1.83. The second kappa shape index (κ2) is 7.74. The van der Waals surface area contributed by atoms with Crippen LogP contribution in [0.25, 0.3) is 0 Å². The number of nitrogens with one attached hydrogen (secondary N) is 2. The number of rotatable bonds is 4. The number of fused-ring (bicyclic) bond motifs is 3. The average molecular weight is 451 g/mol. The molecular weight excluding hydrogens is 428 g/mol. The molecule has 0 amide bonds. The van der Waals surface area contributed by atoms with Crippen molar-refractivity contribution < 1.29 is 8.42 Å². The zero-order valence-corrected chi connectivity index (χ0v) is 18.6. The van der Waals surface area contributed by atoms with Gasteiger partial charge in [0.1, 0.15) is 0 Å². The minimum absolute atomic E-state index is 0.189. The first kappa shape index (κ1) is 20.2. The topological polar surface area (TPSA) is 58.2 Å². The molecule has 2 N–H and O–H groups in total. The highest BCUT2D eigenvalue weighted by atomic mass is 35.5.